The van der Waals surface area contributed by atoms with Crippen LogP contribution in [0.3, 0.4) is 0 Å². The number of benzene rings is 2. The van der Waals surface area contributed by atoms with Gasteiger partial charge in [-0.25, -0.2) is 8.42 Å². The molecule has 2 aromatic carbocycles. The van der Waals surface area contributed by atoms with Gasteiger partial charge in [-0.2, -0.15) is 0 Å². The molecule has 1 atom stereocenters. The predicted octanol–water partition coefficient (Wildman–Crippen LogP) is 3.41. The van der Waals surface area contributed by atoms with Crippen molar-refractivity contribution in [1.29, 1.82) is 0 Å². The minimum absolute atomic E-state index is 0.0250. The van der Waals surface area contributed by atoms with Crippen LogP contribution < -0.4 is 9.04 Å². The summed E-state index contributed by atoms with van der Waals surface area (Å²) >= 11 is 5.83. The van der Waals surface area contributed by atoms with Gasteiger partial charge in [0.15, 0.2) is 0 Å². The first-order valence-corrected chi connectivity index (χ1v) is 9.23. The molecule has 0 saturated carbocycles. The highest BCUT2D eigenvalue weighted by atomic mass is 35.5. The Morgan fingerprint density at radius 1 is 1.24 bits per heavy atom. The number of aliphatic carboxylic acids is 1. The first-order chi connectivity index (χ1) is 11.8. The van der Waals surface area contributed by atoms with Crippen molar-refractivity contribution in [2.75, 3.05) is 11.4 Å². The molecule has 0 fully saturated rings. The Morgan fingerprint density at radius 2 is 1.88 bits per heavy atom. The van der Waals surface area contributed by atoms with Gasteiger partial charge in [0.05, 0.1) is 30.2 Å². The maximum Gasteiger partial charge on any atom is 0.305 e. The Hall–Kier alpha value is -2.25. The van der Waals surface area contributed by atoms with E-state index in [-0.39, 0.29) is 11.3 Å². The molecule has 0 bridgehead atoms. The third-order valence-electron chi connectivity index (χ3n) is 3.55. The number of anilines is 1. The van der Waals surface area contributed by atoms with E-state index in [4.69, 9.17) is 21.4 Å². The minimum atomic E-state index is -3.98. The van der Waals surface area contributed by atoms with Crippen molar-refractivity contribution >= 4 is 33.3 Å². The lowest BCUT2D eigenvalue weighted by atomic mass is 10.2. The first kappa shape index (κ1) is 19.1. The molecule has 6 nitrogen and oxygen atoms in total. The molecule has 0 radical (unpaired) electrons. The standard InChI is InChI=1S/C17H18ClNO5S/c1-12(10-17(20)21)19(14-4-3-5-15(11-14)24-2)25(22,23)16-8-6-13(18)7-9-16/h3-9,11-12H,10H2,1-2H3,(H,20,21). The molecule has 1 N–H and O–H groups in total. The van der Waals surface area contributed by atoms with Gasteiger partial charge in [-0.1, -0.05) is 17.7 Å². The molecule has 1 unspecified atom stereocenters. The smallest absolute Gasteiger partial charge is 0.305 e. The maximum atomic E-state index is 13.1. The zero-order valence-corrected chi connectivity index (χ0v) is 15.3. The van der Waals surface area contributed by atoms with Crippen molar-refractivity contribution in [3.63, 3.8) is 0 Å². The lowest BCUT2D eigenvalue weighted by Gasteiger charge is -2.30. The molecule has 8 heteroatoms. The zero-order valence-electron chi connectivity index (χ0n) is 13.7. The van der Waals surface area contributed by atoms with E-state index in [0.29, 0.717) is 16.5 Å². The predicted molar refractivity (Wildman–Crippen MR) is 95.8 cm³/mol. The normalized spacial score (nSPS) is 12.4. The number of nitrogens with zero attached hydrogens (tertiary/aromatic N) is 1. The molecule has 0 aliphatic heterocycles. The number of methoxy groups -OCH3 is 1. The summed E-state index contributed by atoms with van der Waals surface area (Å²) in [6.07, 6.45) is -0.343. The summed E-state index contributed by atoms with van der Waals surface area (Å²) in [5, 5.41) is 9.50. The van der Waals surface area contributed by atoms with Gasteiger partial charge >= 0.3 is 5.97 Å². The third-order valence-corrected chi connectivity index (χ3v) is 5.76. The summed E-state index contributed by atoms with van der Waals surface area (Å²) in [5.74, 6) is -0.622. The van der Waals surface area contributed by atoms with Crippen LogP contribution in [-0.2, 0) is 14.8 Å². The van der Waals surface area contributed by atoms with E-state index in [0.717, 1.165) is 4.31 Å². The summed E-state index contributed by atoms with van der Waals surface area (Å²) in [6, 6.07) is 11.4. The SMILES string of the molecule is COc1cccc(N(C(C)CC(=O)O)S(=O)(=O)c2ccc(Cl)cc2)c1. The molecule has 0 aromatic heterocycles. The molecule has 0 aliphatic rings. The summed E-state index contributed by atoms with van der Waals surface area (Å²) in [6.45, 7) is 1.54. The average Bonchev–Trinajstić information content (AvgIpc) is 2.54. The number of hydrogen-bond donors (Lipinski definition) is 1. The van der Waals surface area contributed by atoms with Crippen LogP contribution in [0.2, 0.25) is 5.02 Å². The van der Waals surface area contributed by atoms with Crippen molar-refractivity contribution in [2.45, 2.75) is 24.3 Å². The van der Waals surface area contributed by atoms with Crippen molar-refractivity contribution in [1.82, 2.24) is 0 Å². The minimum Gasteiger partial charge on any atom is -0.497 e. The lowest BCUT2D eigenvalue weighted by Crippen LogP contribution is -2.40. The molecule has 0 aliphatic carbocycles. The molecule has 0 heterocycles. The Labute approximate surface area is 151 Å². The maximum absolute atomic E-state index is 13.1. The molecule has 25 heavy (non-hydrogen) atoms. The molecular formula is C17H18ClNO5S. The number of sulfonamides is 1. The van der Waals surface area contributed by atoms with Gasteiger partial charge in [0.1, 0.15) is 5.75 Å². The number of halogens is 1. The number of carbonyl (C=O) groups is 1. The van der Waals surface area contributed by atoms with E-state index in [1.54, 1.807) is 31.2 Å². The second kappa shape index (κ2) is 7.76. The van der Waals surface area contributed by atoms with Crippen molar-refractivity contribution in [3.8, 4) is 5.75 Å². The second-order valence-corrected chi connectivity index (χ2v) is 7.65. The van der Waals surface area contributed by atoms with E-state index in [1.165, 1.54) is 31.4 Å². The van der Waals surface area contributed by atoms with E-state index < -0.39 is 22.0 Å². The van der Waals surface area contributed by atoms with Crippen molar-refractivity contribution < 1.29 is 23.1 Å². The van der Waals surface area contributed by atoms with E-state index in [2.05, 4.69) is 0 Å². The summed E-state index contributed by atoms with van der Waals surface area (Å²) < 4.78 is 32.5. The van der Waals surface area contributed by atoms with Gasteiger partial charge in [-0.15, -0.1) is 0 Å². The highest BCUT2D eigenvalue weighted by molar-refractivity contribution is 7.92. The molecule has 0 saturated heterocycles. The topological polar surface area (TPSA) is 83.9 Å². The lowest BCUT2D eigenvalue weighted by molar-refractivity contribution is -0.137. The van der Waals surface area contributed by atoms with Gasteiger partial charge < -0.3 is 9.84 Å². The van der Waals surface area contributed by atoms with Gasteiger partial charge in [-0.3, -0.25) is 9.10 Å². The Balaban J connectivity index is 2.57. The number of hydrogen-bond acceptors (Lipinski definition) is 4. The van der Waals surface area contributed by atoms with Crippen LogP contribution >= 0.6 is 11.6 Å². The Morgan fingerprint density at radius 3 is 2.44 bits per heavy atom. The number of carboxylic acid groups (broad SMARTS) is 1. The van der Waals surface area contributed by atoms with Crippen LogP contribution in [0, 0.1) is 0 Å². The third kappa shape index (κ3) is 4.43. The first-order valence-electron chi connectivity index (χ1n) is 7.41. The van der Waals surface area contributed by atoms with Crippen LogP contribution in [0.15, 0.2) is 53.4 Å². The van der Waals surface area contributed by atoms with E-state index in [9.17, 15) is 13.2 Å². The van der Waals surface area contributed by atoms with Crippen molar-refractivity contribution in [2.24, 2.45) is 0 Å². The monoisotopic (exact) mass is 383 g/mol. The Kier molecular flexibility index (Phi) is 5.92. The molecule has 2 rings (SSSR count). The highest BCUT2D eigenvalue weighted by Crippen LogP contribution is 2.30. The fraction of sp³-hybridized carbons (Fsp3) is 0.235. The molecule has 2 aromatic rings. The van der Waals surface area contributed by atoms with Crippen LogP contribution in [0.4, 0.5) is 5.69 Å². The van der Waals surface area contributed by atoms with Gasteiger partial charge in [0, 0.05) is 11.1 Å². The van der Waals surface area contributed by atoms with E-state index >= 15 is 0 Å². The summed E-state index contributed by atoms with van der Waals surface area (Å²) in [4.78, 5) is 11.1. The van der Waals surface area contributed by atoms with Crippen LogP contribution in [0.25, 0.3) is 0 Å². The highest BCUT2D eigenvalue weighted by Gasteiger charge is 2.31. The summed E-state index contributed by atoms with van der Waals surface area (Å²) in [5.41, 5.74) is 0.322. The van der Waals surface area contributed by atoms with Crippen LogP contribution in [0.1, 0.15) is 13.3 Å². The number of ether oxygens (including phenoxy) is 1. The Bertz CT molecular complexity index is 852. The number of rotatable bonds is 7. The van der Waals surface area contributed by atoms with Gasteiger partial charge in [0.25, 0.3) is 10.0 Å². The van der Waals surface area contributed by atoms with E-state index in [1.807, 2.05) is 0 Å². The van der Waals surface area contributed by atoms with Crippen LogP contribution in [-0.4, -0.2) is 32.6 Å². The zero-order chi connectivity index (χ0) is 18.6. The van der Waals surface area contributed by atoms with Gasteiger partial charge in [0.2, 0.25) is 0 Å². The second-order valence-electron chi connectivity index (χ2n) is 5.40. The average molecular weight is 384 g/mol. The van der Waals surface area contributed by atoms with Crippen LogP contribution in [0.5, 0.6) is 5.75 Å². The fourth-order valence-corrected chi connectivity index (χ4v) is 4.21. The number of carboxylic acids is 1. The molecule has 0 spiro atoms. The van der Waals surface area contributed by atoms with Gasteiger partial charge in [-0.05, 0) is 43.3 Å². The quantitative estimate of drug-likeness (QED) is 0.792. The fourth-order valence-electron chi connectivity index (χ4n) is 2.43. The largest absolute Gasteiger partial charge is 0.497 e. The molecular weight excluding hydrogens is 366 g/mol. The summed E-state index contributed by atoms with van der Waals surface area (Å²) in [7, 11) is -2.51. The van der Waals surface area contributed by atoms with Crippen molar-refractivity contribution in [3.05, 3.63) is 53.6 Å². The molecule has 0 amide bonds. The molecule has 134 valence electrons.